The number of nitrogens with one attached hydrogen (secondary N) is 1. The molecule has 0 aliphatic heterocycles. The second-order valence-corrected chi connectivity index (χ2v) is 4.49. The van der Waals surface area contributed by atoms with E-state index < -0.39 is 0 Å². The number of phenolic OH excluding ortho intramolecular Hbond substituents is 1. The number of phenols is 1. The Kier molecular flexibility index (Phi) is 4.42. The van der Waals surface area contributed by atoms with Crippen LogP contribution in [0.1, 0.15) is 15.9 Å². The molecule has 1 aromatic heterocycles. The number of ether oxygens (including phenoxy) is 1. The highest BCUT2D eigenvalue weighted by molar-refractivity contribution is 6.30. The van der Waals surface area contributed by atoms with E-state index in [0.29, 0.717) is 17.4 Å². The monoisotopic (exact) mass is 292 g/mol. The van der Waals surface area contributed by atoms with Crippen molar-refractivity contribution in [3.8, 4) is 11.6 Å². The summed E-state index contributed by atoms with van der Waals surface area (Å²) in [4.78, 5) is 15.9. The first kappa shape index (κ1) is 14.1. The Morgan fingerprint density at radius 2 is 2.20 bits per heavy atom. The fourth-order valence-corrected chi connectivity index (χ4v) is 1.81. The lowest BCUT2D eigenvalue weighted by Gasteiger charge is -2.08. The van der Waals surface area contributed by atoms with Gasteiger partial charge in [0.1, 0.15) is 5.75 Å². The number of hydrogen-bond acceptors (Lipinski definition) is 4. The normalized spacial score (nSPS) is 10.1. The van der Waals surface area contributed by atoms with E-state index in [4.69, 9.17) is 16.3 Å². The third kappa shape index (κ3) is 3.39. The van der Waals surface area contributed by atoms with Gasteiger partial charge in [0.25, 0.3) is 5.91 Å². The zero-order chi connectivity index (χ0) is 14.5. The van der Waals surface area contributed by atoms with Crippen LogP contribution in [0, 0.1) is 0 Å². The van der Waals surface area contributed by atoms with Gasteiger partial charge in [-0.25, -0.2) is 4.98 Å². The Morgan fingerprint density at radius 3 is 2.90 bits per heavy atom. The van der Waals surface area contributed by atoms with Crippen LogP contribution in [-0.4, -0.2) is 23.1 Å². The van der Waals surface area contributed by atoms with E-state index in [1.165, 1.54) is 19.2 Å². The summed E-state index contributed by atoms with van der Waals surface area (Å²) in [5.74, 6) is -0.0525. The third-order valence-corrected chi connectivity index (χ3v) is 2.90. The van der Waals surface area contributed by atoms with E-state index >= 15 is 0 Å². The average molecular weight is 293 g/mol. The average Bonchev–Trinajstić information content (AvgIpc) is 2.45. The maximum Gasteiger partial charge on any atom is 0.255 e. The van der Waals surface area contributed by atoms with Crippen LogP contribution in [0.15, 0.2) is 36.5 Å². The molecule has 2 aromatic rings. The van der Waals surface area contributed by atoms with Crippen molar-refractivity contribution in [3.05, 3.63) is 52.7 Å². The van der Waals surface area contributed by atoms with Gasteiger partial charge in [-0.05, 0) is 29.8 Å². The molecule has 1 aromatic carbocycles. The van der Waals surface area contributed by atoms with Crippen LogP contribution in [0.25, 0.3) is 0 Å². The molecule has 0 spiro atoms. The highest BCUT2D eigenvalue weighted by atomic mass is 35.5. The number of nitrogens with zero attached hydrogens (tertiary/aromatic N) is 1. The van der Waals surface area contributed by atoms with Crippen LogP contribution in [0.4, 0.5) is 0 Å². The topological polar surface area (TPSA) is 71.5 Å². The Bertz CT molecular complexity index is 632. The first-order chi connectivity index (χ1) is 9.60. The summed E-state index contributed by atoms with van der Waals surface area (Å²) in [5, 5.41) is 12.7. The zero-order valence-electron chi connectivity index (χ0n) is 10.8. The summed E-state index contributed by atoms with van der Waals surface area (Å²) in [5.41, 5.74) is 1.02. The van der Waals surface area contributed by atoms with Gasteiger partial charge in [-0.15, -0.1) is 0 Å². The molecule has 104 valence electrons. The molecule has 20 heavy (non-hydrogen) atoms. The molecule has 1 amide bonds. The minimum Gasteiger partial charge on any atom is -0.507 e. The molecular weight excluding hydrogens is 280 g/mol. The van der Waals surface area contributed by atoms with E-state index in [1.54, 1.807) is 24.4 Å². The standard InChI is InChI=1S/C14H13ClN2O3/c1-20-13-6-9(4-5-16-13)8-17-14(19)11-3-2-10(15)7-12(11)18/h2-7,18H,8H2,1H3,(H,17,19). The molecule has 0 aliphatic carbocycles. The van der Waals surface area contributed by atoms with Crippen LogP contribution in [0.3, 0.4) is 0 Å². The number of benzene rings is 1. The van der Waals surface area contributed by atoms with Crippen molar-refractivity contribution in [2.75, 3.05) is 7.11 Å². The van der Waals surface area contributed by atoms with Gasteiger partial charge in [0, 0.05) is 23.8 Å². The molecule has 0 atom stereocenters. The van der Waals surface area contributed by atoms with E-state index in [9.17, 15) is 9.90 Å². The van der Waals surface area contributed by atoms with Gasteiger partial charge in [-0.2, -0.15) is 0 Å². The second-order valence-electron chi connectivity index (χ2n) is 4.05. The third-order valence-electron chi connectivity index (χ3n) is 2.67. The minimum atomic E-state index is -0.380. The summed E-state index contributed by atoms with van der Waals surface area (Å²) >= 11 is 5.72. The van der Waals surface area contributed by atoms with Crippen LogP contribution < -0.4 is 10.1 Å². The van der Waals surface area contributed by atoms with Crippen molar-refractivity contribution in [2.45, 2.75) is 6.54 Å². The van der Waals surface area contributed by atoms with Crippen molar-refractivity contribution in [1.82, 2.24) is 10.3 Å². The summed E-state index contributed by atoms with van der Waals surface area (Å²) in [7, 11) is 1.52. The predicted octanol–water partition coefficient (Wildman–Crippen LogP) is 2.38. The first-order valence-corrected chi connectivity index (χ1v) is 6.23. The lowest BCUT2D eigenvalue weighted by atomic mass is 10.2. The maximum absolute atomic E-state index is 11.9. The molecule has 5 nitrogen and oxygen atoms in total. The summed E-state index contributed by atoms with van der Waals surface area (Å²) in [6.07, 6.45) is 1.60. The molecule has 1 heterocycles. The molecule has 0 unspecified atom stereocenters. The van der Waals surface area contributed by atoms with Gasteiger partial charge in [0.05, 0.1) is 12.7 Å². The van der Waals surface area contributed by atoms with Crippen LogP contribution in [-0.2, 0) is 6.54 Å². The number of pyridine rings is 1. The Morgan fingerprint density at radius 1 is 1.40 bits per heavy atom. The molecule has 6 heteroatoms. The highest BCUT2D eigenvalue weighted by Crippen LogP contribution is 2.21. The van der Waals surface area contributed by atoms with Crippen molar-refractivity contribution in [1.29, 1.82) is 0 Å². The Labute approximate surface area is 121 Å². The number of carbonyl (C=O) groups is 1. The predicted molar refractivity (Wildman–Crippen MR) is 75.1 cm³/mol. The van der Waals surface area contributed by atoms with Crippen molar-refractivity contribution in [3.63, 3.8) is 0 Å². The van der Waals surface area contributed by atoms with Crippen molar-refractivity contribution >= 4 is 17.5 Å². The number of hydrogen-bond donors (Lipinski definition) is 2. The van der Waals surface area contributed by atoms with Gasteiger partial charge in [-0.3, -0.25) is 4.79 Å². The molecule has 0 bridgehead atoms. The molecule has 0 saturated carbocycles. The van der Waals surface area contributed by atoms with Crippen molar-refractivity contribution < 1.29 is 14.6 Å². The van der Waals surface area contributed by atoms with Gasteiger partial charge < -0.3 is 15.2 Å². The SMILES string of the molecule is COc1cc(CNC(=O)c2ccc(Cl)cc2O)ccn1. The number of carbonyl (C=O) groups excluding carboxylic acids is 1. The molecule has 0 aliphatic rings. The van der Waals surface area contributed by atoms with Gasteiger partial charge in [0.2, 0.25) is 5.88 Å². The highest BCUT2D eigenvalue weighted by Gasteiger charge is 2.11. The molecular formula is C14H13ClN2O3. The first-order valence-electron chi connectivity index (χ1n) is 5.86. The lowest BCUT2D eigenvalue weighted by Crippen LogP contribution is -2.22. The Balaban J connectivity index is 2.04. The van der Waals surface area contributed by atoms with Crippen molar-refractivity contribution in [2.24, 2.45) is 0 Å². The molecule has 2 rings (SSSR count). The smallest absolute Gasteiger partial charge is 0.255 e. The largest absolute Gasteiger partial charge is 0.507 e. The number of aromatic nitrogens is 1. The second kappa shape index (κ2) is 6.25. The van der Waals surface area contributed by atoms with Crippen LogP contribution >= 0.6 is 11.6 Å². The van der Waals surface area contributed by atoms with Gasteiger partial charge in [-0.1, -0.05) is 11.6 Å². The van der Waals surface area contributed by atoms with Crippen LogP contribution in [0.2, 0.25) is 5.02 Å². The summed E-state index contributed by atoms with van der Waals surface area (Å²) in [6, 6.07) is 7.84. The van der Waals surface area contributed by atoms with E-state index in [1.807, 2.05) is 0 Å². The fraction of sp³-hybridized carbons (Fsp3) is 0.143. The lowest BCUT2D eigenvalue weighted by molar-refractivity contribution is 0.0948. The number of halogens is 1. The molecule has 0 radical (unpaired) electrons. The van der Waals surface area contributed by atoms with Crippen LogP contribution in [0.5, 0.6) is 11.6 Å². The van der Waals surface area contributed by atoms with E-state index in [-0.39, 0.29) is 17.2 Å². The van der Waals surface area contributed by atoms with Gasteiger partial charge >= 0.3 is 0 Å². The minimum absolute atomic E-state index is 0.151. The summed E-state index contributed by atoms with van der Waals surface area (Å²) in [6.45, 7) is 0.305. The Hall–Kier alpha value is -2.27. The number of methoxy groups -OCH3 is 1. The molecule has 2 N–H and O–H groups in total. The molecule has 0 fully saturated rings. The van der Waals surface area contributed by atoms with E-state index in [0.717, 1.165) is 5.56 Å². The van der Waals surface area contributed by atoms with E-state index in [2.05, 4.69) is 10.3 Å². The fourth-order valence-electron chi connectivity index (χ4n) is 1.65. The summed E-state index contributed by atoms with van der Waals surface area (Å²) < 4.78 is 5.00. The number of aromatic hydroxyl groups is 1. The van der Waals surface area contributed by atoms with Gasteiger partial charge in [0.15, 0.2) is 0 Å². The molecule has 0 saturated heterocycles. The number of amides is 1. The quantitative estimate of drug-likeness (QED) is 0.907. The zero-order valence-corrected chi connectivity index (χ0v) is 11.5. The number of rotatable bonds is 4. The maximum atomic E-state index is 11.9.